The number of carbonyl (C=O) groups excluding carboxylic acids is 1. The molecule has 1 aromatic carbocycles. The lowest BCUT2D eigenvalue weighted by Gasteiger charge is -2.54. The van der Waals surface area contributed by atoms with Gasteiger partial charge in [0.1, 0.15) is 0 Å². The highest BCUT2D eigenvalue weighted by Crippen LogP contribution is 2.66. The van der Waals surface area contributed by atoms with Crippen LogP contribution in [0.4, 0.5) is 0 Å². The maximum Gasteiger partial charge on any atom is 0.156 e. The van der Waals surface area contributed by atoms with Crippen molar-refractivity contribution < 1.29 is 9.90 Å². The molecule has 29 heavy (non-hydrogen) atoms. The SMILES string of the molecule is C=Cc1ccc([C@H]2C[C@@]3(C)[C@@H](CC[C@]3(C)O)[C@@H]3CCC4=CC(=O)CCC4=C32)cc1. The van der Waals surface area contributed by atoms with E-state index in [1.807, 2.05) is 12.2 Å². The summed E-state index contributed by atoms with van der Waals surface area (Å²) in [6, 6.07) is 8.83. The Morgan fingerprint density at radius 1 is 1.10 bits per heavy atom. The molecule has 0 heterocycles. The van der Waals surface area contributed by atoms with Crippen LogP contribution in [0, 0.1) is 17.3 Å². The molecule has 2 nitrogen and oxygen atoms in total. The topological polar surface area (TPSA) is 37.3 Å². The molecule has 0 bridgehead atoms. The Morgan fingerprint density at radius 3 is 2.59 bits per heavy atom. The third kappa shape index (κ3) is 2.75. The van der Waals surface area contributed by atoms with Gasteiger partial charge in [0.2, 0.25) is 0 Å². The minimum Gasteiger partial charge on any atom is -0.390 e. The predicted octanol–water partition coefficient (Wildman–Crippen LogP) is 5.98. The molecule has 2 saturated carbocycles. The van der Waals surface area contributed by atoms with Gasteiger partial charge in [0.15, 0.2) is 5.78 Å². The fourth-order valence-corrected chi connectivity index (χ4v) is 7.04. The van der Waals surface area contributed by atoms with Crippen LogP contribution in [0.25, 0.3) is 6.08 Å². The van der Waals surface area contributed by atoms with E-state index >= 15 is 0 Å². The van der Waals surface area contributed by atoms with E-state index in [1.165, 1.54) is 16.7 Å². The summed E-state index contributed by atoms with van der Waals surface area (Å²) < 4.78 is 0. The summed E-state index contributed by atoms with van der Waals surface area (Å²) in [5.41, 5.74) is 6.20. The van der Waals surface area contributed by atoms with Crippen LogP contribution in [0.3, 0.4) is 0 Å². The summed E-state index contributed by atoms with van der Waals surface area (Å²) in [5.74, 6) is 1.70. The average molecular weight is 389 g/mol. The Kier molecular flexibility index (Phi) is 4.30. The Hall–Kier alpha value is -1.93. The monoisotopic (exact) mass is 388 g/mol. The third-order valence-corrected chi connectivity index (χ3v) is 8.87. The molecule has 0 radical (unpaired) electrons. The molecule has 2 heteroatoms. The molecule has 0 aromatic heterocycles. The van der Waals surface area contributed by atoms with Crippen molar-refractivity contribution in [2.75, 3.05) is 0 Å². The van der Waals surface area contributed by atoms with Crippen LogP contribution in [0.2, 0.25) is 0 Å². The van der Waals surface area contributed by atoms with E-state index in [4.69, 9.17) is 0 Å². The van der Waals surface area contributed by atoms with Crippen molar-refractivity contribution in [3.05, 3.63) is 64.8 Å². The normalized spacial score (nSPS) is 38.8. The van der Waals surface area contributed by atoms with Crippen molar-refractivity contribution in [2.45, 2.75) is 70.3 Å². The third-order valence-electron chi connectivity index (χ3n) is 8.87. The van der Waals surface area contributed by atoms with Crippen LogP contribution in [0.15, 0.2) is 53.6 Å². The van der Waals surface area contributed by atoms with Gasteiger partial charge in [-0.3, -0.25) is 4.79 Å². The van der Waals surface area contributed by atoms with Gasteiger partial charge >= 0.3 is 0 Å². The molecule has 0 aliphatic heterocycles. The van der Waals surface area contributed by atoms with Crippen molar-refractivity contribution in [3.63, 3.8) is 0 Å². The number of fused-ring (bicyclic) bond motifs is 4. The summed E-state index contributed by atoms with van der Waals surface area (Å²) in [6.45, 7) is 8.30. The summed E-state index contributed by atoms with van der Waals surface area (Å²) >= 11 is 0. The van der Waals surface area contributed by atoms with E-state index in [9.17, 15) is 9.90 Å². The molecular formula is C27H32O2. The molecule has 4 aliphatic rings. The zero-order chi connectivity index (χ0) is 20.4. The van der Waals surface area contributed by atoms with Crippen molar-refractivity contribution in [1.82, 2.24) is 0 Å². The molecule has 5 atom stereocenters. The van der Waals surface area contributed by atoms with Crippen LogP contribution in [0.1, 0.15) is 75.8 Å². The number of carbonyl (C=O) groups is 1. The molecule has 5 rings (SSSR count). The summed E-state index contributed by atoms with van der Waals surface area (Å²) in [7, 11) is 0. The molecule has 1 aromatic rings. The van der Waals surface area contributed by atoms with Gasteiger partial charge in [-0.15, -0.1) is 0 Å². The summed E-state index contributed by atoms with van der Waals surface area (Å²) in [4.78, 5) is 12.1. The lowest BCUT2D eigenvalue weighted by Crippen LogP contribution is -2.50. The molecule has 1 N–H and O–H groups in total. The largest absolute Gasteiger partial charge is 0.390 e. The van der Waals surface area contributed by atoms with E-state index in [-0.39, 0.29) is 5.41 Å². The Morgan fingerprint density at radius 2 is 1.86 bits per heavy atom. The number of aliphatic hydroxyl groups is 1. The van der Waals surface area contributed by atoms with Gasteiger partial charge in [0.05, 0.1) is 5.60 Å². The Bertz CT molecular complexity index is 930. The smallest absolute Gasteiger partial charge is 0.156 e. The zero-order valence-electron chi connectivity index (χ0n) is 17.7. The lowest BCUT2D eigenvalue weighted by molar-refractivity contribution is -0.114. The average Bonchev–Trinajstić information content (AvgIpc) is 2.96. The molecule has 2 fully saturated rings. The van der Waals surface area contributed by atoms with Crippen molar-refractivity contribution in [3.8, 4) is 0 Å². The standard InChI is InChI=1S/C27H32O2/c1-4-17-5-7-18(8-6-17)23-16-26(2)24(13-14-27(26,3)29)22-11-9-19-15-20(28)10-12-21(19)25(22)23/h4-8,15,22-24,29H,1,9-14,16H2,2-3H3/t22-,23+,24-,26-,27-/m0/s1. The maximum atomic E-state index is 12.1. The van der Waals surface area contributed by atoms with Crippen LogP contribution < -0.4 is 0 Å². The first-order chi connectivity index (χ1) is 13.8. The lowest BCUT2D eigenvalue weighted by atomic mass is 9.51. The molecule has 0 saturated heterocycles. The highest BCUT2D eigenvalue weighted by atomic mass is 16.3. The fourth-order valence-electron chi connectivity index (χ4n) is 7.04. The van der Waals surface area contributed by atoms with E-state index in [2.05, 4.69) is 44.7 Å². The zero-order valence-corrected chi connectivity index (χ0v) is 17.7. The number of ketones is 1. The predicted molar refractivity (Wildman–Crippen MR) is 117 cm³/mol. The van der Waals surface area contributed by atoms with Gasteiger partial charge in [-0.2, -0.15) is 0 Å². The first-order valence-corrected chi connectivity index (χ1v) is 11.3. The number of hydrogen-bond acceptors (Lipinski definition) is 2. The summed E-state index contributed by atoms with van der Waals surface area (Å²) in [5, 5.41) is 11.4. The highest BCUT2D eigenvalue weighted by molar-refractivity contribution is 5.93. The molecule has 0 unspecified atom stereocenters. The molecular weight excluding hydrogens is 356 g/mol. The van der Waals surface area contributed by atoms with Crippen LogP contribution in [-0.2, 0) is 4.79 Å². The van der Waals surface area contributed by atoms with Crippen molar-refractivity contribution in [1.29, 1.82) is 0 Å². The molecule has 152 valence electrons. The Labute approximate surface area is 174 Å². The minimum absolute atomic E-state index is 0.0603. The van der Waals surface area contributed by atoms with E-state index in [0.717, 1.165) is 44.1 Å². The van der Waals surface area contributed by atoms with Crippen molar-refractivity contribution >= 4 is 11.9 Å². The Balaban J connectivity index is 1.68. The second kappa shape index (κ2) is 6.54. The molecule has 4 aliphatic carbocycles. The molecule has 0 amide bonds. The molecule has 0 spiro atoms. The van der Waals surface area contributed by atoms with Crippen LogP contribution in [0.5, 0.6) is 0 Å². The second-order valence-electron chi connectivity index (χ2n) is 10.2. The first kappa shape index (κ1) is 19.1. The van der Waals surface area contributed by atoms with Gasteiger partial charge in [0, 0.05) is 17.8 Å². The fraction of sp³-hybridized carbons (Fsp3) is 0.519. The van der Waals surface area contributed by atoms with E-state index in [1.54, 1.807) is 5.57 Å². The van der Waals surface area contributed by atoms with Gasteiger partial charge in [-0.1, -0.05) is 49.4 Å². The number of rotatable bonds is 2. The second-order valence-corrected chi connectivity index (χ2v) is 10.2. The minimum atomic E-state index is -0.605. The van der Waals surface area contributed by atoms with Crippen LogP contribution >= 0.6 is 0 Å². The first-order valence-electron chi connectivity index (χ1n) is 11.3. The van der Waals surface area contributed by atoms with Gasteiger partial charge < -0.3 is 5.11 Å². The van der Waals surface area contributed by atoms with Gasteiger partial charge in [0.25, 0.3) is 0 Å². The maximum absolute atomic E-state index is 12.1. The van der Waals surface area contributed by atoms with Gasteiger partial charge in [-0.25, -0.2) is 0 Å². The van der Waals surface area contributed by atoms with Crippen LogP contribution in [-0.4, -0.2) is 16.5 Å². The number of hydrogen-bond donors (Lipinski definition) is 1. The van der Waals surface area contributed by atoms with E-state index < -0.39 is 5.60 Å². The number of benzene rings is 1. The number of allylic oxidation sites excluding steroid dienone is 4. The highest BCUT2D eigenvalue weighted by Gasteiger charge is 2.60. The van der Waals surface area contributed by atoms with Crippen molar-refractivity contribution in [2.24, 2.45) is 17.3 Å². The quantitative estimate of drug-likeness (QED) is 0.677. The van der Waals surface area contributed by atoms with Gasteiger partial charge in [-0.05, 0) is 85.6 Å². The van der Waals surface area contributed by atoms with E-state index in [0.29, 0.717) is 30.0 Å². The summed E-state index contributed by atoms with van der Waals surface area (Å²) in [6.07, 6.45) is 10.5.